The fraction of sp³-hybridized carbons (Fsp3) is 0.562. The van der Waals surface area contributed by atoms with E-state index >= 15 is 0 Å². The zero-order valence-electron chi connectivity index (χ0n) is 25.4. The van der Waals surface area contributed by atoms with Gasteiger partial charge in [-0.25, -0.2) is 13.2 Å². The highest BCUT2D eigenvalue weighted by atomic mass is 32.2. The average Bonchev–Trinajstić information content (AvgIpc) is 2.89. The van der Waals surface area contributed by atoms with Crippen molar-refractivity contribution in [2.45, 2.75) is 91.0 Å². The fourth-order valence-electron chi connectivity index (χ4n) is 4.57. The second kappa shape index (κ2) is 15.9. The predicted octanol–water partition coefficient (Wildman–Crippen LogP) is 4.27. The van der Waals surface area contributed by atoms with Gasteiger partial charge in [0.05, 0.1) is 29.7 Å². The van der Waals surface area contributed by atoms with Gasteiger partial charge < -0.3 is 21.1 Å². The number of aliphatic hydroxyl groups is 1. The fourth-order valence-corrected chi connectivity index (χ4v) is 6.20. The lowest BCUT2D eigenvalue weighted by Crippen LogP contribution is -2.58. The second-order valence-electron chi connectivity index (χ2n) is 12.5. The zero-order valence-corrected chi connectivity index (χ0v) is 26.2. The Morgan fingerprint density at radius 1 is 0.829 bits per heavy atom. The maximum absolute atomic E-state index is 13.3. The summed E-state index contributed by atoms with van der Waals surface area (Å²) in [6, 6.07) is 17.1. The molecule has 9 heteroatoms. The molecule has 4 N–H and O–H groups in total. The Hall–Kier alpha value is -2.91. The number of sulfone groups is 1. The van der Waals surface area contributed by atoms with Crippen molar-refractivity contribution in [3.8, 4) is 0 Å². The molecule has 3 amide bonds. The number of nitrogens with one attached hydrogen (secondary N) is 3. The summed E-state index contributed by atoms with van der Waals surface area (Å²) < 4.78 is 25.7. The van der Waals surface area contributed by atoms with E-state index in [2.05, 4.69) is 29.8 Å². The third-order valence-electron chi connectivity index (χ3n) is 6.81. The molecular weight excluding hydrogens is 538 g/mol. The van der Waals surface area contributed by atoms with Crippen molar-refractivity contribution in [3.63, 3.8) is 0 Å². The van der Waals surface area contributed by atoms with Crippen LogP contribution in [0.3, 0.4) is 0 Å². The molecule has 0 fully saturated rings. The van der Waals surface area contributed by atoms with E-state index in [-0.39, 0.29) is 11.5 Å². The van der Waals surface area contributed by atoms with Crippen molar-refractivity contribution >= 4 is 21.8 Å². The van der Waals surface area contributed by atoms with Crippen LogP contribution < -0.4 is 16.0 Å². The highest BCUT2D eigenvalue weighted by molar-refractivity contribution is 7.91. The monoisotopic (exact) mass is 587 g/mol. The van der Waals surface area contributed by atoms with E-state index in [4.69, 9.17) is 0 Å². The Balaban J connectivity index is 2.19. The number of carbonyl (C=O) groups is 2. The van der Waals surface area contributed by atoms with Crippen LogP contribution in [0, 0.1) is 11.8 Å². The molecule has 0 bridgehead atoms. The zero-order chi connectivity index (χ0) is 30.6. The molecule has 2 rings (SSSR count). The molecule has 0 radical (unpaired) electrons. The van der Waals surface area contributed by atoms with E-state index < -0.39 is 51.4 Å². The predicted molar refractivity (Wildman–Crippen MR) is 165 cm³/mol. The molecule has 4 atom stereocenters. The summed E-state index contributed by atoms with van der Waals surface area (Å²) in [5.41, 5.74) is 1.37. The Morgan fingerprint density at radius 3 is 1.93 bits per heavy atom. The van der Waals surface area contributed by atoms with Crippen LogP contribution in [-0.2, 0) is 27.5 Å². The van der Waals surface area contributed by atoms with Gasteiger partial charge in [-0.2, -0.15) is 0 Å². The van der Waals surface area contributed by atoms with E-state index in [1.807, 2.05) is 81.4 Å². The molecule has 0 aliphatic heterocycles. The molecule has 2 aromatic rings. The molecule has 0 saturated carbocycles. The Morgan fingerprint density at radius 2 is 1.39 bits per heavy atom. The molecule has 0 aliphatic rings. The molecule has 228 valence electrons. The number of hydrogen-bond donors (Lipinski definition) is 4. The molecule has 2 aromatic carbocycles. The van der Waals surface area contributed by atoms with E-state index in [9.17, 15) is 23.1 Å². The van der Waals surface area contributed by atoms with Gasteiger partial charge in [-0.05, 0) is 63.5 Å². The highest BCUT2D eigenvalue weighted by Gasteiger charge is 2.33. The topological polar surface area (TPSA) is 125 Å². The summed E-state index contributed by atoms with van der Waals surface area (Å²) in [6.07, 6.45) is 0.875. The average molecular weight is 588 g/mol. The largest absolute Gasteiger partial charge is 0.389 e. The minimum Gasteiger partial charge on any atom is -0.389 e. The SMILES string of the molecule is CC(C)CCC(NC(=O)NC(C)(C)C)[C@H](O)[C@H](Cc1ccccc1)NC(=O)[C@@H](C)CS(=O)(=O)CCc1ccccc1. The van der Waals surface area contributed by atoms with Crippen molar-refractivity contribution in [3.05, 3.63) is 71.8 Å². The number of rotatable bonds is 15. The Labute approximate surface area is 246 Å². The van der Waals surface area contributed by atoms with Crippen LogP contribution in [0.5, 0.6) is 0 Å². The van der Waals surface area contributed by atoms with E-state index in [0.29, 0.717) is 25.2 Å². The third-order valence-corrected chi connectivity index (χ3v) is 8.64. The van der Waals surface area contributed by atoms with Gasteiger partial charge in [-0.15, -0.1) is 0 Å². The van der Waals surface area contributed by atoms with Crippen molar-refractivity contribution < 1.29 is 23.1 Å². The molecule has 41 heavy (non-hydrogen) atoms. The van der Waals surface area contributed by atoms with Crippen molar-refractivity contribution in [2.24, 2.45) is 11.8 Å². The number of hydrogen-bond acceptors (Lipinski definition) is 5. The van der Waals surface area contributed by atoms with E-state index in [1.165, 1.54) is 0 Å². The number of amides is 3. The molecule has 1 unspecified atom stereocenters. The van der Waals surface area contributed by atoms with Crippen LogP contribution in [0.4, 0.5) is 4.79 Å². The third kappa shape index (κ3) is 13.5. The first-order valence-corrected chi connectivity index (χ1v) is 16.3. The molecule has 0 aromatic heterocycles. The smallest absolute Gasteiger partial charge is 0.315 e. The maximum atomic E-state index is 13.3. The summed E-state index contributed by atoms with van der Waals surface area (Å²) in [7, 11) is -3.50. The summed E-state index contributed by atoms with van der Waals surface area (Å²) in [4.78, 5) is 26.1. The Bertz CT molecular complexity index is 1180. The lowest BCUT2D eigenvalue weighted by atomic mass is 9.91. The van der Waals surface area contributed by atoms with Crippen molar-refractivity contribution in [1.29, 1.82) is 0 Å². The normalized spacial score (nSPS) is 15.0. The summed E-state index contributed by atoms with van der Waals surface area (Å²) in [5.74, 6) is -1.25. The number of aliphatic hydroxyl groups excluding tert-OH is 1. The number of aryl methyl sites for hydroxylation is 1. The van der Waals surface area contributed by atoms with Crippen LogP contribution in [0.25, 0.3) is 0 Å². The number of carbonyl (C=O) groups excluding carboxylic acids is 2. The quantitative estimate of drug-likeness (QED) is 0.248. The molecular formula is C32H49N3O5S. The second-order valence-corrected chi connectivity index (χ2v) is 14.7. The first kappa shape index (κ1) is 34.3. The van der Waals surface area contributed by atoms with Gasteiger partial charge in [0.2, 0.25) is 5.91 Å². The lowest BCUT2D eigenvalue weighted by molar-refractivity contribution is -0.125. The summed E-state index contributed by atoms with van der Waals surface area (Å²) in [5, 5.41) is 20.3. The van der Waals surface area contributed by atoms with E-state index in [0.717, 1.165) is 17.5 Å². The number of benzene rings is 2. The van der Waals surface area contributed by atoms with Crippen LogP contribution in [-0.4, -0.2) is 60.7 Å². The maximum Gasteiger partial charge on any atom is 0.315 e. The van der Waals surface area contributed by atoms with Crippen LogP contribution in [0.15, 0.2) is 60.7 Å². The van der Waals surface area contributed by atoms with Crippen LogP contribution in [0.1, 0.15) is 65.5 Å². The van der Waals surface area contributed by atoms with Gasteiger partial charge in [0.25, 0.3) is 0 Å². The van der Waals surface area contributed by atoms with Crippen molar-refractivity contribution in [1.82, 2.24) is 16.0 Å². The van der Waals surface area contributed by atoms with Gasteiger partial charge in [-0.1, -0.05) is 81.4 Å². The standard InChI is InChI=1S/C32H49N3O5S/c1-23(2)17-18-27(34-31(38)35-32(4,5)6)29(36)28(21-26-15-11-8-12-16-26)33-30(37)24(3)22-41(39,40)20-19-25-13-9-7-10-14-25/h7-16,23-24,27-29,36H,17-22H2,1-6H3,(H,33,37)(H2,34,35,38)/t24-,27?,28-,29-/m0/s1. The van der Waals surface area contributed by atoms with Crippen LogP contribution in [0.2, 0.25) is 0 Å². The van der Waals surface area contributed by atoms with Gasteiger partial charge in [0.1, 0.15) is 0 Å². The first-order valence-electron chi connectivity index (χ1n) is 14.5. The molecule has 0 heterocycles. The lowest BCUT2D eigenvalue weighted by Gasteiger charge is -2.33. The highest BCUT2D eigenvalue weighted by Crippen LogP contribution is 2.17. The summed E-state index contributed by atoms with van der Waals surface area (Å²) in [6.45, 7) is 11.4. The van der Waals surface area contributed by atoms with Gasteiger partial charge >= 0.3 is 6.03 Å². The number of urea groups is 1. The molecule has 0 saturated heterocycles. The van der Waals surface area contributed by atoms with E-state index in [1.54, 1.807) is 6.92 Å². The van der Waals surface area contributed by atoms with Gasteiger partial charge in [0, 0.05) is 11.5 Å². The molecule has 8 nitrogen and oxygen atoms in total. The first-order chi connectivity index (χ1) is 19.1. The minimum absolute atomic E-state index is 0.0468. The minimum atomic E-state index is -3.50. The van der Waals surface area contributed by atoms with Crippen LogP contribution >= 0.6 is 0 Å². The van der Waals surface area contributed by atoms with Crippen molar-refractivity contribution in [2.75, 3.05) is 11.5 Å². The molecule has 0 aliphatic carbocycles. The van der Waals surface area contributed by atoms with Gasteiger partial charge in [0.15, 0.2) is 9.84 Å². The van der Waals surface area contributed by atoms with Gasteiger partial charge in [-0.3, -0.25) is 4.79 Å². The molecule has 0 spiro atoms. The Kier molecular flexibility index (Phi) is 13.3. The summed E-state index contributed by atoms with van der Waals surface area (Å²) >= 11 is 0.